The van der Waals surface area contributed by atoms with Gasteiger partial charge in [0.05, 0.1) is 16.9 Å². The Balaban J connectivity index is 2.37. The van der Waals surface area contributed by atoms with E-state index in [0.717, 1.165) is 6.20 Å². The first-order valence-corrected chi connectivity index (χ1v) is 5.10. The molecule has 0 aliphatic heterocycles. The number of aromatic nitrogens is 3. The monoisotopic (exact) mass is 258 g/mol. The van der Waals surface area contributed by atoms with Crippen LogP contribution < -0.4 is 0 Å². The molecule has 0 amide bonds. The van der Waals surface area contributed by atoms with E-state index in [1.807, 2.05) is 0 Å². The third-order valence-electron chi connectivity index (χ3n) is 1.93. The minimum atomic E-state index is -0.485. The Bertz CT molecular complexity index is 516. The first-order chi connectivity index (χ1) is 8.06. The maximum absolute atomic E-state index is 13.0. The average molecular weight is 259 g/mol. The van der Waals surface area contributed by atoms with Crippen LogP contribution >= 0.6 is 23.2 Å². The molecule has 2 aromatic rings. The molecular formula is C10H6Cl2FN3. The van der Waals surface area contributed by atoms with Crippen LogP contribution in [0.5, 0.6) is 0 Å². The van der Waals surface area contributed by atoms with E-state index in [-0.39, 0.29) is 17.9 Å². The van der Waals surface area contributed by atoms with Crippen LogP contribution in [0.2, 0.25) is 10.2 Å². The summed E-state index contributed by atoms with van der Waals surface area (Å²) in [6.07, 6.45) is 2.41. The first-order valence-electron chi connectivity index (χ1n) is 4.84. The van der Waals surface area contributed by atoms with E-state index in [9.17, 15) is 4.39 Å². The molecule has 0 N–H and O–H groups in total. The lowest BCUT2D eigenvalue weighted by Gasteiger charge is -2.04. The minimum Gasteiger partial charge on any atom is -0.243 e. The van der Waals surface area contributed by atoms with Crippen molar-refractivity contribution in [3.63, 3.8) is 0 Å². The molecule has 0 spiro atoms. The van der Waals surface area contributed by atoms with E-state index in [4.69, 9.17) is 24.6 Å². The second-order valence-corrected chi connectivity index (χ2v) is 3.81. The molecule has 0 saturated carbocycles. The first kappa shape index (κ1) is 9.93. The zero-order valence-corrected chi connectivity index (χ0v) is 9.43. The summed E-state index contributed by atoms with van der Waals surface area (Å²) in [4.78, 5) is 11.2. The Hall–Kier alpha value is -1.26. The fourth-order valence-corrected chi connectivity index (χ4v) is 1.52. The topological polar surface area (TPSA) is 38.7 Å². The maximum atomic E-state index is 13.0. The van der Waals surface area contributed by atoms with Crippen molar-refractivity contribution in [2.75, 3.05) is 0 Å². The fourth-order valence-electron chi connectivity index (χ4n) is 1.20. The number of pyridine rings is 1. The summed E-state index contributed by atoms with van der Waals surface area (Å²) in [6, 6.07) is 1.26. The van der Waals surface area contributed by atoms with Crippen LogP contribution in [-0.2, 0) is 6.42 Å². The van der Waals surface area contributed by atoms with E-state index in [2.05, 4.69) is 15.0 Å². The maximum Gasteiger partial charge on any atom is 0.141 e. The summed E-state index contributed by atoms with van der Waals surface area (Å²) >= 11 is 11.7. The zero-order valence-electron chi connectivity index (χ0n) is 8.91. The Kier molecular flexibility index (Phi) is 2.93. The molecule has 2 aromatic heterocycles. The lowest BCUT2D eigenvalue weighted by molar-refractivity contribution is 0.619. The highest BCUT2D eigenvalue weighted by atomic mass is 35.5. The largest absolute Gasteiger partial charge is 0.243 e. The predicted molar refractivity (Wildman–Crippen MR) is 59.1 cm³/mol. The predicted octanol–water partition coefficient (Wildman–Crippen LogP) is 2.91. The van der Waals surface area contributed by atoms with Gasteiger partial charge in [-0.05, 0) is 11.6 Å². The number of nitrogens with zero attached hydrogens (tertiary/aromatic N) is 3. The van der Waals surface area contributed by atoms with E-state index in [0.29, 0.717) is 16.3 Å². The van der Waals surface area contributed by atoms with Gasteiger partial charge in [-0.2, -0.15) is 0 Å². The Morgan fingerprint density at radius 3 is 2.94 bits per heavy atom. The highest BCUT2D eigenvalue weighted by Gasteiger charge is 2.08. The van der Waals surface area contributed by atoms with E-state index < -0.39 is 5.82 Å². The van der Waals surface area contributed by atoms with Gasteiger partial charge in [-0.25, -0.2) is 19.3 Å². The molecule has 6 heteroatoms. The van der Waals surface area contributed by atoms with E-state index in [1.54, 1.807) is 0 Å². The van der Waals surface area contributed by atoms with Crippen molar-refractivity contribution >= 4 is 23.2 Å². The van der Waals surface area contributed by atoms with Gasteiger partial charge in [0.1, 0.15) is 18.6 Å². The molecule has 0 aliphatic rings. The number of hydrogen-bond donors (Lipinski definition) is 0. The van der Waals surface area contributed by atoms with Crippen molar-refractivity contribution < 1.29 is 5.76 Å². The van der Waals surface area contributed by atoms with Crippen molar-refractivity contribution in [3.05, 3.63) is 52.0 Å². The van der Waals surface area contributed by atoms with Gasteiger partial charge in [-0.15, -0.1) is 0 Å². The third-order valence-corrected chi connectivity index (χ3v) is 2.59. The molecule has 0 fully saturated rings. The Morgan fingerprint density at radius 1 is 1.31 bits per heavy atom. The molecule has 0 radical (unpaired) electrons. The summed E-state index contributed by atoms with van der Waals surface area (Å²) in [7, 11) is 0. The van der Waals surface area contributed by atoms with Crippen molar-refractivity contribution in [2.24, 2.45) is 0 Å². The summed E-state index contributed by atoms with van der Waals surface area (Å²) in [5, 5.41) is 0.494. The quantitative estimate of drug-likeness (QED) is 0.778. The van der Waals surface area contributed by atoms with Crippen molar-refractivity contribution in [1.82, 2.24) is 15.0 Å². The van der Waals surface area contributed by atoms with Crippen LogP contribution in [0.4, 0.5) is 4.39 Å². The summed E-state index contributed by atoms with van der Waals surface area (Å²) in [5.74, 6) is -0.485. The molecule has 0 aromatic carbocycles. The number of halogens is 3. The van der Waals surface area contributed by atoms with Crippen LogP contribution in [0.15, 0.2) is 24.8 Å². The van der Waals surface area contributed by atoms with Crippen LogP contribution in [0, 0.1) is 5.82 Å². The van der Waals surface area contributed by atoms with Gasteiger partial charge in [0.2, 0.25) is 0 Å². The normalized spacial score (nSPS) is 11.3. The van der Waals surface area contributed by atoms with Crippen LogP contribution in [-0.4, -0.2) is 15.0 Å². The van der Waals surface area contributed by atoms with Crippen LogP contribution in [0.1, 0.15) is 12.6 Å². The highest BCUT2D eigenvalue weighted by molar-refractivity contribution is 6.31. The summed E-state index contributed by atoms with van der Waals surface area (Å²) < 4.78 is 20.3. The molecule has 0 aliphatic carbocycles. The van der Waals surface area contributed by atoms with Gasteiger partial charge in [0, 0.05) is 12.6 Å². The molecule has 0 saturated heterocycles. The molecule has 16 heavy (non-hydrogen) atoms. The molecule has 3 nitrogen and oxygen atoms in total. The lowest BCUT2D eigenvalue weighted by atomic mass is 10.1. The van der Waals surface area contributed by atoms with Gasteiger partial charge in [0.15, 0.2) is 0 Å². The van der Waals surface area contributed by atoms with Gasteiger partial charge in [-0.1, -0.05) is 23.2 Å². The Labute approximate surface area is 103 Å². The second-order valence-electron chi connectivity index (χ2n) is 3.04. The standard InChI is InChI=1S/C10H6Cl2FN3/c11-8-4-14-5-16-9(8)2-6-1-7(13)3-15-10(6)12/h1,3-5H,2H2/i5D. The van der Waals surface area contributed by atoms with Gasteiger partial charge < -0.3 is 0 Å². The van der Waals surface area contributed by atoms with Crippen LogP contribution in [0.25, 0.3) is 0 Å². The Morgan fingerprint density at radius 2 is 2.12 bits per heavy atom. The minimum absolute atomic E-state index is 0.148. The SMILES string of the molecule is [2H]c1ncc(Cl)c(Cc2cc(F)cnc2Cl)n1. The fraction of sp³-hybridized carbons (Fsp3) is 0.100. The zero-order chi connectivity index (χ0) is 12.4. The molecule has 2 heterocycles. The smallest absolute Gasteiger partial charge is 0.141 e. The summed E-state index contributed by atoms with van der Waals surface area (Å²) in [5.41, 5.74) is 0.882. The van der Waals surface area contributed by atoms with Gasteiger partial charge in [-0.3, -0.25) is 0 Å². The molecule has 82 valence electrons. The van der Waals surface area contributed by atoms with Gasteiger partial charge in [0.25, 0.3) is 0 Å². The molecule has 0 unspecified atom stereocenters. The number of rotatable bonds is 2. The van der Waals surface area contributed by atoms with E-state index >= 15 is 0 Å². The molecule has 0 bridgehead atoms. The van der Waals surface area contributed by atoms with Crippen molar-refractivity contribution in [1.29, 1.82) is 0 Å². The van der Waals surface area contributed by atoms with Crippen molar-refractivity contribution in [3.8, 4) is 0 Å². The third kappa shape index (κ3) is 2.46. The molecule has 0 atom stereocenters. The molecular weight excluding hydrogens is 252 g/mol. The van der Waals surface area contributed by atoms with Gasteiger partial charge >= 0.3 is 0 Å². The highest BCUT2D eigenvalue weighted by Crippen LogP contribution is 2.20. The number of hydrogen-bond acceptors (Lipinski definition) is 3. The second kappa shape index (κ2) is 4.72. The summed E-state index contributed by atoms with van der Waals surface area (Å²) in [6.45, 7) is 0. The van der Waals surface area contributed by atoms with Crippen molar-refractivity contribution in [2.45, 2.75) is 6.42 Å². The lowest BCUT2D eigenvalue weighted by Crippen LogP contribution is -1.97. The van der Waals surface area contributed by atoms with E-state index in [1.165, 1.54) is 12.3 Å². The average Bonchev–Trinajstić information content (AvgIpc) is 2.28. The molecule has 2 rings (SSSR count). The van der Waals surface area contributed by atoms with Crippen LogP contribution in [0.3, 0.4) is 0 Å².